The lowest BCUT2D eigenvalue weighted by Gasteiger charge is -2.15. The molecule has 0 heterocycles. The van der Waals surface area contributed by atoms with Crippen LogP contribution in [0.2, 0.25) is 0 Å². The fourth-order valence-corrected chi connectivity index (χ4v) is 2.50. The molecule has 1 aromatic rings. The largest absolute Gasteiger partial charge is 0.508 e. The predicted octanol–water partition coefficient (Wildman–Crippen LogP) is 5.77. The number of rotatable bonds is 11. The zero-order valence-electron chi connectivity index (χ0n) is 15.2. The third kappa shape index (κ3) is 7.87. The average molecular weight is 395 g/mol. The molecule has 1 N–H and O–H groups in total. The van der Waals surface area contributed by atoms with Crippen molar-refractivity contribution in [3.8, 4) is 11.5 Å². The van der Waals surface area contributed by atoms with Crippen molar-refractivity contribution in [1.82, 2.24) is 0 Å². The number of aryl methyl sites for hydroxylation is 2. The van der Waals surface area contributed by atoms with Gasteiger partial charge in [0.15, 0.2) is 0 Å². The van der Waals surface area contributed by atoms with Crippen LogP contribution in [0.4, 0.5) is 13.2 Å². The van der Waals surface area contributed by atoms with Gasteiger partial charge in [-0.15, -0.1) is 0 Å². The third-order valence-corrected chi connectivity index (χ3v) is 4.19. The summed E-state index contributed by atoms with van der Waals surface area (Å²) >= 11 is 5.08. The minimum atomic E-state index is -4.51. The van der Waals surface area contributed by atoms with Crippen LogP contribution in [-0.4, -0.2) is 31.1 Å². The van der Waals surface area contributed by atoms with Crippen LogP contribution in [0.5, 0.6) is 11.5 Å². The maximum absolute atomic E-state index is 12.2. The highest BCUT2D eigenvalue weighted by molar-refractivity contribution is 6.30. The van der Waals surface area contributed by atoms with Crippen LogP contribution in [0.15, 0.2) is 23.2 Å². The van der Waals surface area contributed by atoms with E-state index in [0.717, 1.165) is 55.1 Å². The first-order chi connectivity index (χ1) is 12.3. The lowest BCUT2D eigenvalue weighted by Crippen LogP contribution is -2.08. The Balaban J connectivity index is 2.26. The van der Waals surface area contributed by atoms with Crippen LogP contribution >= 0.6 is 11.6 Å². The summed E-state index contributed by atoms with van der Waals surface area (Å²) in [4.78, 5) is 0. The van der Waals surface area contributed by atoms with Gasteiger partial charge < -0.3 is 14.6 Å². The molecule has 1 aromatic carbocycles. The molecule has 0 saturated heterocycles. The number of halogens is 4. The summed E-state index contributed by atoms with van der Waals surface area (Å²) in [7, 11) is 0. The van der Waals surface area contributed by atoms with Crippen LogP contribution in [0.3, 0.4) is 0 Å². The van der Waals surface area contributed by atoms with E-state index in [-0.39, 0.29) is 12.4 Å². The van der Waals surface area contributed by atoms with E-state index in [1.165, 1.54) is 0 Å². The molecule has 148 valence electrons. The van der Waals surface area contributed by atoms with Gasteiger partial charge >= 0.3 is 6.18 Å². The minimum Gasteiger partial charge on any atom is -0.508 e. The molecule has 0 spiro atoms. The lowest BCUT2D eigenvalue weighted by molar-refractivity contribution is -0.0850. The number of unbranched alkanes of at least 4 members (excludes halogenated alkanes) is 2. The molecule has 0 aromatic heterocycles. The normalized spacial score (nSPS) is 12.5. The highest BCUT2D eigenvalue weighted by Crippen LogP contribution is 2.30. The van der Waals surface area contributed by atoms with Crippen LogP contribution in [-0.2, 0) is 17.6 Å². The molecule has 0 bridgehead atoms. The molecule has 7 heteroatoms. The number of phenols is 1. The van der Waals surface area contributed by atoms with Gasteiger partial charge in [0.1, 0.15) is 16.5 Å². The number of phenolic OH excluding ortho intramolecular Hbond substituents is 1. The van der Waals surface area contributed by atoms with E-state index in [2.05, 4.69) is 0 Å². The van der Waals surface area contributed by atoms with E-state index < -0.39 is 11.2 Å². The Labute approximate surface area is 157 Å². The Morgan fingerprint density at radius 3 is 2.19 bits per heavy atom. The highest BCUT2D eigenvalue weighted by Gasteiger charge is 2.31. The lowest BCUT2D eigenvalue weighted by atomic mass is 10.0. The molecule has 0 unspecified atom stereocenters. The number of alkyl halides is 3. The number of benzene rings is 1. The highest BCUT2D eigenvalue weighted by atomic mass is 35.5. The van der Waals surface area contributed by atoms with Crippen molar-refractivity contribution in [2.45, 2.75) is 52.1 Å². The van der Waals surface area contributed by atoms with Crippen molar-refractivity contribution < 1.29 is 27.8 Å². The van der Waals surface area contributed by atoms with Crippen LogP contribution < -0.4 is 4.74 Å². The first-order valence-electron chi connectivity index (χ1n) is 8.77. The quantitative estimate of drug-likeness (QED) is 0.484. The summed E-state index contributed by atoms with van der Waals surface area (Å²) in [6.45, 7) is 4.79. The molecular formula is C19H26ClF3O3. The monoisotopic (exact) mass is 394 g/mol. The smallest absolute Gasteiger partial charge is 0.426 e. The molecule has 0 aliphatic heterocycles. The van der Waals surface area contributed by atoms with Crippen molar-refractivity contribution in [3.63, 3.8) is 0 Å². The molecule has 0 aliphatic rings. The fraction of sp³-hybridized carbons (Fsp3) is 0.579. The number of aromatic hydroxyl groups is 1. The molecule has 0 radical (unpaired) electrons. The Bertz CT molecular complexity index is 561. The van der Waals surface area contributed by atoms with Crippen molar-refractivity contribution in [2.24, 2.45) is 0 Å². The van der Waals surface area contributed by atoms with E-state index >= 15 is 0 Å². The second kappa shape index (κ2) is 11.3. The molecular weight excluding hydrogens is 369 g/mol. The number of hydrogen-bond acceptors (Lipinski definition) is 3. The molecule has 0 amide bonds. The average Bonchev–Trinajstić information content (AvgIpc) is 2.59. The summed E-state index contributed by atoms with van der Waals surface area (Å²) < 4.78 is 47.5. The summed E-state index contributed by atoms with van der Waals surface area (Å²) in [5, 5.41) is 8.57. The molecule has 0 fully saturated rings. The summed E-state index contributed by atoms with van der Waals surface area (Å²) in [6, 6.07) is 3.45. The van der Waals surface area contributed by atoms with E-state index in [1.807, 2.05) is 13.8 Å². The van der Waals surface area contributed by atoms with Gasteiger partial charge in [0, 0.05) is 6.61 Å². The van der Waals surface area contributed by atoms with Crippen LogP contribution in [0, 0.1) is 0 Å². The van der Waals surface area contributed by atoms with Gasteiger partial charge in [0.25, 0.3) is 0 Å². The van der Waals surface area contributed by atoms with E-state index in [9.17, 15) is 18.3 Å². The maximum atomic E-state index is 12.2. The number of ether oxygens (including phenoxy) is 2. The Morgan fingerprint density at radius 2 is 1.65 bits per heavy atom. The zero-order valence-corrected chi connectivity index (χ0v) is 15.9. The zero-order chi connectivity index (χ0) is 19.6. The molecule has 26 heavy (non-hydrogen) atoms. The Kier molecular flexibility index (Phi) is 9.88. The van der Waals surface area contributed by atoms with Gasteiger partial charge in [0.2, 0.25) is 0 Å². The van der Waals surface area contributed by atoms with Gasteiger partial charge in [-0.25, -0.2) is 0 Å². The van der Waals surface area contributed by atoms with Gasteiger partial charge in [-0.3, -0.25) is 0 Å². The third-order valence-electron chi connectivity index (χ3n) is 3.82. The van der Waals surface area contributed by atoms with E-state index in [1.54, 1.807) is 12.1 Å². The second-order valence-electron chi connectivity index (χ2n) is 5.83. The van der Waals surface area contributed by atoms with E-state index in [0.29, 0.717) is 13.2 Å². The Hall–Kier alpha value is -1.40. The van der Waals surface area contributed by atoms with Crippen molar-refractivity contribution in [2.75, 3.05) is 19.8 Å². The molecule has 0 atom stereocenters. The SMILES string of the molecule is CCc1cc(O)cc(CC)c1OCCCCCOCC=C(Cl)C(F)(F)F. The Morgan fingerprint density at radius 1 is 1.08 bits per heavy atom. The van der Waals surface area contributed by atoms with Crippen molar-refractivity contribution in [3.05, 3.63) is 34.4 Å². The predicted molar refractivity (Wildman–Crippen MR) is 97.0 cm³/mol. The maximum Gasteiger partial charge on any atom is 0.426 e. The van der Waals surface area contributed by atoms with Gasteiger partial charge in [-0.05, 0) is 61.4 Å². The standard InChI is InChI=1S/C19H26ClF3O3/c1-3-14-12-16(24)13-15(4-2)18(14)26-10-7-5-6-9-25-11-8-17(20)19(21,22)23/h8,12-13,24H,3-7,9-11H2,1-2H3. The number of allylic oxidation sites excluding steroid dienone is 1. The fourth-order valence-electron chi connectivity index (χ4n) is 2.43. The summed E-state index contributed by atoms with van der Waals surface area (Å²) in [5.41, 5.74) is 1.97. The van der Waals surface area contributed by atoms with Crippen LogP contribution in [0.25, 0.3) is 0 Å². The van der Waals surface area contributed by atoms with Crippen LogP contribution in [0.1, 0.15) is 44.2 Å². The first kappa shape index (κ1) is 22.6. The van der Waals surface area contributed by atoms with Gasteiger partial charge in [-0.1, -0.05) is 25.4 Å². The second-order valence-corrected chi connectivity index (χ2v) is 6.24. The van der Waals surface area contributed by atoms with Crippen molar-refractivity contribution >= 4 is 11.6 Å². The molecule has 0 aliphatic carbocycles. The first-order valence-corrected chi connectivity index (χ1v) is 9.15. The van der Waals surface area contributed by atoms with E-state index in [4.69, 9.17) is 21.1 Å². The van der Waals surface area contributed by atoms with Gasteiger partial charge in [0.05, 0.1) is 13.2 Å². The number of hydrogen-bond donors (Lipinski definition) is 1. The molecule has 3 nitrogen and oxygen atoms in total. The van der Waals surface area contributed by atoms with Gasteiger partial charge in [-0.2, -0.15) is 13.2 Å². The minimum absolute atomic E-state index is 0.151. The molecule has 1 rings (SSSR count). The molecule has 0 saturated carbocycles. The summed E-state index contributed by atoms with van der Waals surface area (Å²) in [6.07, 6.45) is 0.265. The summed E-state index contributed by atoms with van der Waals surface area (Å²) in [5.74, 6) is 1.10. The van der Waals surface area contributed by atoms with Crippen molar-refractivity contribution in [1.29, 1.82) is 0 Å². The topological polar surface area (TPSA) is 38.7 Å².